The number of H-pyrrole nitrogens is 1. The van der Waals surface area contributed by atoms with E-state index in [1.807, 2.05) is 12.1 Å². The molecule has 0 bridgehead atoms. The molecule has 2 heterocycles. The van der Waals surface area contributed by atoms with Gasteiger partial charge in [-0.1, -0.05) is 15.9 Å². The van der Waals surface area contributed by atoms with Crippen LogP contribution in [0.3, 0.4) is 0 Å². The van der Waals surface area contributed by atoms with Crippen molar-refractivity contribution < 1.29 is 9.47 Å². The second-order valence-electron chi connectivity index (χ2n) is 3.64. The Morgan fingerprint density at radius 3 is 2.94 bits per heavy atom. The van der Waals surface area contributed by atoms with Crippen LogP contribution in [-0.4, -0.2) is 17.0 Å². The van der Waals surface area contributed by atoms with Crippen molar-refractivity contribution in [3.05, 3.63) is 34.6 Å². The van der Waals surface area contributed by atoms with Crippen LogP contribution in [0, 0.1) is 0 Å². The van der Waals surface area contributed by atoms with Crippen LogP contribution in [-0.2, 0) is 6.54 Å². The Labute approximate surface area is 106 Å². The highest BCUT2D eigenvalue weighted by Gasteiger charge is 2.16. The van der Waals surface area contributed by atoms with Crippen LogP contribution < -0.4 is 14.8 Å². The number of aromatic nitrogens is 2. The first-order valence-corrected chi connectivity index (χ1v) is 5.93. The zero-order chi connectivity index (χ0) is 11.7. The van der Waals surface area contributed by atoms with Crippen LogP contribution in [0.4, 0.5) is 5.69 Å². The molecule has 17 heavy (non-hydrogen) atoms. The molecule has 0 aliphatic carbocycles. The molecule has 1 aromatic heterocycles. The van der Waals surface area contributed by atoms with Gasteiger partial charge in [-0.15, -0.1) is 0 Å². The summed E-state index contributed by atoms with van der Waals surface area (Å²) in [6.07, 6.45) is 3.54. The maximum absolute atomic E-state index is 5.34. The number of anilines is 1. The van der Waals surface area contributed by atoms with Crippen molar-refractivity contribution in [2.45, 2.75) is 6.54 Å². The molecule has 5 nitrogen and oxygen atoms in total. The maximum atomic E-state index is 5.34. The van der Waals surface area contributed by atoms with Crippen molar-refractivity contribution in [1.29, 1.82) is 0 Å². The van der Waals surface area contributed by atoms with Gasteiger partial charge in [0.2, 0.25) is 6.79 Å². The molecule has 2 aromatic rings. The Morgan fingerprint density at radius 1 is 1.35 bits per heavy atom. The van der Waals surface area contributed by atoms with E-state index in [4.69, 9.17) is 9.47 Å². The number of halogens is 1. The summed E-state index contributed by atoms with van der Waals surface area (Å²) in [5.41, 5.74) is 2.06. The molecule has 0 spiro atoms. The molecule has 6 heteroatoms. The van der Waals surface area contributed by atoms with E-state index in [9.17, 15) is 0 Å². The molecule has 3 rings (SSSR count). The minimum Gasteiger partial charge on any atom is -0.454 e. The van der Waals surface area contributed by atoms with Crippen molar-refractivity contribution in [3.8, 4) is 11.5 Å². The summed E-state index contributed by atoms with van der Waals surface area (Å²) in [6, 6.07) is 3.90. The summed E-state index contributed by atoms with van der Waals surface area (Å²) in [4.78, 5) is 0. The third-order valence-electron chi connectivity index (χ3n) is 2.52. The fourth-order valence-electron chi connectivity index (χ4n) is 1.64. The molecule has 0 saturated carbocycles. The Hall–Kier alpha value is -1.69. The summed E-state index contributed by atoms with van der Waals surface area (Å²) >= 11 is 3.52. The third-order valence-corrected chi connectivity index (χ3v) is 3.26. The molecule has 1 aromatic carbocycles. The van der Waals surface area contributed by atoms with Crippen molar-refractivity contribution in [3.63, 3.8) is 0 Å². The Bertz CT molecular complexity index is 528. The lowest BCUT2D eigenvalue weighted by Gasteiger charge is -2.07. The molecule has 0 saturated heterocycles. The highest BCUT2D eigenvalue weighted by atomic mass is 79.9. The standard InChI is InChI=1S/C11H10BrN3O2/c12-9-2-11-10(16-6-17-11)1-7(9)3-13-8-4-14-15-5-8/h1-2,4-5,13H,3,6H2,(H,14,15). The molecule has 0 atom stereocenters. The van der Waals surface area contributed by atoms with Gasteiger partial charge in [-0.2, -0.15) is 5.10 Å². The SMILES string of the molecule is Brc1cc2c(cc1CNc1cn[nH]c1)OCO2. The Morgan fingerprint density at radius 2 is 2.18 bits per heavy atom. The predicted molar refractivity (Wildman–Crippen MR) is 66.2 cm³/mol. The topological polar surface area (TPSA) is 59.2 Å². The monoisotopic (exact) mass is 295 g/mol. The molecular weight excluding hydrogens is 286 g/mol. The van der Waals surface area contributed by atoms with Crippen LogP contribution in [0.2, 0.25) is 0 Å². The molecule has 0 fully saturated rings. The molecule has 2 N–H and O–H groups in total. The first kappa shape index (κ1) is 10.5. The number of ether oxygens (including phenoxy) is 2. The molecule has 88 valence electrons. The van der Waals surface area contributed by atoms with Crippen LogP contribution >= 0.6 is 15.9 Å². The number of nitrogens with zero attached hydrogens (tertiary/aromatic N) is 1. The first-order chi connectivity index (χ1) is 8.33. The van der Waals surface area contributed by atoms with Crippen LogP contribution in [0.15, 0.2) is 29.0 Å². The smallest absolute Gasteiger partial charge is 0.231 e. The number of benzene rings is 1. The van der Waals surface area contributed by atoms with Gasteiger partial charge in [-0.05, 0) is 17.7 Å². The number of aromatic amines is 1. The highest BCUT2D eigenvalue weighted by Crippen LogP contribution is 2.37. The maximum Gasteiger partial charge on any atom is 0.231 e. The fraction of sp³-hybridized carbons (Fsp3) is 0.182. The summed E-state index contributed by atoms with van der Waals surface area (Å²) in [7, 11) is 0. The van der Waals surface area contributed by atoms with E-state index in [2.05, 4.69) is 31.4 Å². The number of hydrogen-bond donors (Lipinski definition) is 2. The first-order valence-electron chi connectivity index (χ1n) is 5.13. The summed E-state index contributed by atoms with van der Waals surface area (Å²) in [5, 5.41) is 9.88. The number of nitrogens with one attached hydrogen (secondary N) is 2. The van der Waals surface area contributed by atoms with E-state index in [0.717, 1.165) is 27.2 Å². The zero-order valence-corrected chi connectivity index (χ0v) is 10.5. The van der Waals surface area contributed by atoms with E-state index in [-0.39, 0.29) is 0 Å². The molecule has 0 unspecified atom stereocenters. The molecule has 0 radical (unpaired) electrons. The van der Waals surface area contributed by atoms with Crippen molar-refractivity contribution >= 4 is 21.6 Å². The lowest BCUT2D eigenvalue weighted by molar-refractivity contribution is 0.174. The largest absolute Gasteiger partial charge is 0.454 e. The Kier molecular flexibility index (Phi) is 2.64. The fourth-order valence-corrected chi connectivity index (χ4v) is 2.10. The number of hydrogen-bond acceptors (Lipinski definition) is 4. The number of rotatable bonds is 3. The summed E-state index contributed by atoms with van der Waals surface area (Å²) in [5.74, 6) is 1.57. The lowest BCUT2D eigenvalue weighted by atomic mass is 10.2. The van der Waals surface area contributed by atoms with Gasteiger partial charge in [0.1, 0.15) is 0 Å². The van der Waals surface area contributed by atoms with Crippen molar-refractivity contribution in [1.82, 2.24) is 10.2 Å². The van der Waals surface area contributed by atoms with E-state index in [1.165, 1.54) is 0 Å². The van der Waals surface area contributed by atoms with Gasteiger partial charge in [-0.3, -0.25) is 5.10 Å². The van der Waals surface area contributed by atoms with Gasteiger partial charge in [0.05, 0.1) is 11.9 Å². The Balaban J connectivity index is 1.79. The minimum atomic E-state index is 0.292. The van der Waals surface area contributed by atoms with Crippen LogP contribution in [0.5, 0.6) is 11.5 Å². The summed E-state index contributed by atoms with van der Waals surface area (Å²) in [6.45, 7) is 0.983. The van der Waals surface area contributed by atoms with Crippen molar-refractivity contribution in [2.24, 2.45) is 0 Å². The van der Waals surface area contributed by atoms with E-state index in [0.29, 0.717) is 13.3 Å². The van der Waals surface area contributed by atoms with Gasteiger partial charge in [0.15, 0.2) is 11.5 Å². The second kappa shape index (κ2) is 4.29. The molecule has 0 amide bonds. The number of fused-ring (bicyclic) bond motifs is 1. The predicted octanol–water partition coefficient (Wildman–Crippen LogP) is 2.51. The molecular formula is C11H10BrN3O2. The zero-order valence-electron chi connectivity index (χ0n) is 8.87. The normalized spacial score (nSPS) is 12.8. The molecule has 1 aliphatic heterocycles. The van der Waals surface area contributed by atoms with E-state index >= 15 is 0 Å². The third kappa shape index (κ3) is 2.08. The molecule has 1 aliphatic rings. The van der Waals surface area contributed by atoms with Gasteiger partial charge in [-0.25, -0.2) is 0 Å². The minimum absolute atomic E-state index is 0.292. The van der Waals surface area contributed by atoms with Gasteiger partial charge in [0, 0.05) is 17.2 Å². The van der Waals surface area contributed by atoms with Crippen molar-refractivity contribution in [2.75, 3.05) is 12.1 Å². The van der Waals surface area contributed by atoms with E-state index < -0.39 is 0 Å². The van der Waals surface area contributed by atoms with Gasteiger partial charge < -0.3 is 14.8 Å². The lowest BCUT2D eigenvalue weighted by Crippen LogP contribution is -1.99. The second-order valence-corrected chi connectivity index (χ2v) is 4.49. The van der Waals surface area contributed by atoms with Crippen LogP contribution in [0.1, 0.15) is 5.56 Å². The average Bonchev–Trinajstić information content (AvgIpc) is 2.95. The quantitative estimate of drug-likeness (QED) is 0.913. The average molecular weight is 296 g/mol. The van der Waals surface area contributed by atoms with Gasteiger partial charge >= 0.3 is 0 Å². The highest BCUT2D eigenvalue weighted by molar-refractivity contribution is 9.10. The van der Waals surface area contributed by atoms with E-state index in [1.54, 1.807) is 12.4 Å². The van der Waals surface area contributed by atoms with Crippen LogP contribution in [0.25, 0.3) is 0 Å². The van der Waals surface area contributed by atoms with Gasteiger partial charge in [0.25, 0.3) is 0 Å². The summed E-state index contributed by atoms with van der Waals surface area (Å²) < 4.78 is 11.6.